The minimum Gasteiger partial charge on any atom is -0.394 e. The number of aliphatic hydroxyl groups is 6. The van der Waals surface area contributed by atoms with Gasteiger partial charge in [0.1, 0.15) is 60.6 Å². The topological polar surface area (TPSA) is 284 Å². The average Bonchev–Trinajstić information content (AvgIpc) is 3.78. The van der Waals surface area contributed by atoms with Crippen LogP contribution in [0.3, 0.4) is 0 Å². The van der Waals surface area contributed by atoms with E-state index in [0.29, 0.717) is 56.5 Å². The molecule has 20 nitrogen and oxygen atoms in total. The molecule has 0 amide bonds. The Labute approximate surface area is 259 Å². The molecule has 4 aromatic rings. The third-order valence-electron chi connectivity index (χ3n) is 8.44. The van der Waals surface area contributed by atoms with Gasteiger partial charge in [-0.05, 0) is 0 Å². The normalized spacial score (nSPS) is 30.1. The third kappa shape index (κ3) is 4.38. The molecule has 2 fully saturated rings. The fourth-order valence-electron chi connectivity index (χ4n) is 6.15. The predicted molar refractivity (Wildman–Crippen MR) is 159 cm³/mol. The van der Waals surface area contributed by atoms with Gasteiger partial charge >= 0.3 is 0 Å². The maximum atomic E-state index is 10.2. The van der Waals surface area contributed by atoms with Gasteiger partial charge in [-0.1, -0.05) is 0 Å². The van der Waals surface area contributed by atoms with Gasteiger partial charge in [0.2, 0.25) is 0 Å². The summed E-state index contributed by atoms with van der Waals surface area (Å²) in [6.45, 7) is -0.791. The highest BCUT2D eigenvalue weighted by Gasteiger charge is 2.45. The summed E-state index contributed by atoms with van der Waals surface area (Å²) in [5, 5.41) is 71.7. The Morgan fingerprint density at radius 1 is 0.652 bits per heavy atom. The summed E-state index contributed by atoms with van der Waals surface area (Å²) in [7, 11) is 3.45. The number of hydrazone groups is 2. The molecule has 0 aliphatic carbocycles. The summed E-state index contributed by atoms with van der Waals surface area (Å²) in [5.74, 6) is 1.77. The highest BCUT2D eigenvalue weighted by molar-refractivity contribution is 6.14. The predicted octanol–water partition coefficient (Wildman–Crippen LogP) is -3.77. The van der Waals surface area contributed by atoms with E-state index < -0.39 is 62.3 Å². The lowest BCUT2D eigenvalue weighted by Crippen LogP contribution is -2.33. The molecule has 8 atom stereocenters. The maximum absolute atomic E-state index is 10.2. The van der Waals surface area contributed by atoms with E-state index in [1.54, 1.807) is 45.6 Å². The van der Waals surface area contributed by atoms with Crippen molar-refractivity contribution < 1.29 is 40.1 Å². The van der Waals surface area contributed by atoms with Crippen molar-refractivity contribution in [2.24, 2.45) is 21.7 Å². The van der Waals surface area contributed by atoms with E-state index in [0.717, 1.165) is 0 Å². The van der Waals surface area contributed by atoms with Crippen LogP contribution in [0.1, 0.15) is 23.6 Å². The first-order valence-electron chi connectivity index (χ1n) is 14.2. The number of ether oxygens (including phenoxy) is 2. The largest absolute Gasteiger partial charge is 0.394 e. The smallest absolute Gasteiger partial charge is 0.164 e. The summed E-state index contributed by atoms with van der Waals surface area (Å²) in [6, 6.07) is 0. The van der Waals surface area contributed by atoms with E-state index in [2.05, 4.69) is 30.1 Å². The number of nitrogens with two attached hydrogens (primary N) is 2. The Morgan fingerprint density at radius 2 is 1.04 bits per heavy atom. The van der Waals surface area contributed by atoms with Gasteiger partial charge in [-0.15, -0.1) is 0 Å². The molecule has 8 rings (SSSR count). The second-order valence-corrected chi connectivity index (χ2v) is 11.2. The van der Waals surface area contributed by atoms with Crippen molar-refractivity contribution in [1.29, 1.82) is 0 Å². The van der Waals surface area contributed by atoms with E-state index in [1.165, 1.54) is 12.7 Å². The molecule has 46 heavy (non-hydrogen) atoms. The van der Waals surface area contributed by atoms with Crippen molar-refractivity contribution in [2.75, 3.05) is 37.3 Å². The first kappa shape index (κ1) is 30.1. The molecule has 4 aliphatic heterocycles. The van der Waals surface area contributed by atoms with Crippen molar-refractivity contribution >= 4 is 45.4 Å². The van der Waals surface area contributed by atoms with E-state index in [9.17, 15) is 30.6 Å². The fourth-order valence-corrected chi connectivity index (χ4v) is 6.15. The van der Waals surface area contributed by atoms with Gasteiger partial charge in [0, 0.05) is 37.6 Å². The Hall–Kier alpha value is -4.54. The molecule has 4 aromatic heterocycles. The number of rotatable bonds is 4. The first-order chi connectivity index (χ1) is 22.0. The van der Waals surface area contributed by atoms with Crippen molar-refractivity contribution in [3.05, 3.63) is 36.2 Å². The molecule has 0 bridgehead atoms. The van der Waals surface area contributed by atoms with Crippen LogP contribution in [0.4, 0.5) is 11.6 Å². The number of aromatic nitrogens is 6. The van der Waals surface area contributed by atoms with E-state index in [-0.39, 0.29) is 0 Å². The Morgan fingerprint density at radius 3 is 1.39 bits per heavy atom. The SMILES string of the molecule is CN1N=C(N)c2cn([C@@H]3O[C@H](CO)[C@@H](O)[C@H]3O)c3ncnc1c23.CN1N=C(N)c2cn([C@@H]3O[C@H](CO)[C@@H](O)[C@H]3O)c3ncnc1c23. The third-order valence-corrected chi connectivity index (χ3v) is 8.44. The van der Waals surface area contributed by atoms with Crippen LogP contribution in [-0.2, 0) is 9.47 Å². The van der Waals surface area contributed by atoms with Gasteiger partial charge in [0.15, 0.2) is 35.8 Å². The summed E-state index contributed by atoms with van der Waals surface area (Å²) in [4.78, 5) is 16.9. The number of hydrogen-bond donors (Lipinski definition) is 8. The van der Waals surface area contributed by atoms with Crippen molar-refractivity contribution in [3.8, 4) is 0 Å². The standard InChI is InChI=1S/2C13H16N6O4/c2*1-18-11-7-5(10(14)17-18)2-19(12(7)16-4-15-11)13-9(22)8(21)6(3-20)23-13/h2*2,4,6,8-9,13,20-22H,3H2,1H3,(H2,14,17)/t2*6-,8-,9-,13-/m11/s1. The zero-order chi connectivity index (χ0) is 32.6. The summed E-state index contributed by atoms with van der Waals surface area (Å²) in [5.41, 5.74) is 14.2. The molecule has 2 saturated heterocycles. The van der Waals surface area contributed by atoms with E-state index in [4.69, 9.17) is 20.9 Å². The van der Waals surface area contributed by atoms with Crippen LogP contribution < -0.4 is 21.5 Å². The van der Waals surface area contributed by atoms with Crippen LogP contribution in [0, 0.1) is 0 Å². The van der Waals surface area contributed by atoms with Crippen molar-refractivity contribution in [2.45, 2.75) is 49.1 Å². The molecular weight excluding hydrogens is 608 g/mol. The zero-order valence-corrected chi connectivity index (χ0v) is 24.5. The Bertz CT molecular complexity index is 1740. The van der Waals surface area contributed by atoms with Gasteiger partial charge in [-0.2, -0.15) is 10.2 Å². The van der Waals surface area contributed by atoms with Crippen LogP contribution >= 0.6 is 0 Å². The molecule has 0 saturated carbocycles. The quantitative estimate of drug-likeness (QED) is 0.106. The molecule has 20 heteroatoms. The first-order valence-corrected chi connectivity index (χ1v) is 14.2. The lowest BCUT2D eigenvalue weighted by atomic mass is 10.1. The molecule has 10 N–H and O–H groups in total. The van der Waals surface area contributed by atoms with Crippen molar-refractivity contribution in [3.63, 3.8) is 0 Å². The highest BCUT2D eigenvalue weighted by Crippen LogP contribution is 2.38. The molecule has 0 unspecified atom stereocenters. The molecule has 244 valence electrons. The second kappa shape index (κ2) is 11.1. The average molecular weight is 641 g/mol. The number of anilines is 2. The lowest BCUT2D eigenvalue weighted by Gasteiger charge is -2.19. The summed E-state index contributed by atoms with van der Waals surface area (Å²) < 4.78 is 14.3. The van der Waals surface area contributed by atoms with Gasteiger partial charge < -0.3 is 60.7 Å². The summed E-state index contributed by atoms with van der Waals surface area (Å²) >= 11 is 0. The van der Waals surface area contributed by atoms with Crippen LogP contribution in [0.5, 0.6) is 0 Å². The number of nitrogens with zero attached hydrogens (tertiary/aromatic N) is 10. The maximum Gasteiger partial charge on any atom is 0.164 e. The van der Waals surface area contributed by atoms with Crippen LogP contribution in [0.25, 0.3) is 22.1 Å². The Kier molecular flexibility index (Phi) is 7.25. The minimum absolute atomic E-state index is 0.297. The molecular formula is C26H32N12O8. The van der Waals surface area contributed by atoms with Crippen molar-refractivity contribution in [1.82, 2.24) is 29.1 Å². The zero-order valence-electron chi connectivity index (χ0n) is 24.5. The lowest BCUT2D eigenvalue weighted by molar-refractivity contribution is -0.0508. The second-order valence-electron chi connectivity index (χ2n) is 11.2. The molecule has 8 heterocycles. The molecule has 0 spiro atoms. The van der Waals surface area contributed by atoms with E-state index >= 15 is 0 Å². The number of aliphatic hydroxyl groups excluding tert-OH is 6. The monoisotopic (exact) mass is 640 g/mol. The Balaban J connectivity index is 0.000000147. The number of amidine groups is 2. The van der Waals surface area contributed by atoms with Crippen LogP contribution in [0.2, 0.25) is 0 Å². The fraction of sp³-hybridized carbons (Fsp3) is 0.462. The number of hydrogen-bond acceptors (Lipinski definition) is 18. The van der Waals surface area contributed by atoms with Gasteiger partial charge in [0.05, 0.1) is 24.0 Å². The summed E-state index contributed by atoms with van der Waals surface area (Å²) in [6.07, 6.45) is -2.21. The van der Waals surface area contributed by atoms with Gasteiger partial charge in [-0.25, -0.2) is 30.0 Å². The van der Waals surface area contributed by atoms with Gasteiger partial charge in [0.25, 0.3) is 0 Å². The molecule has 0 radical (unpaired) electrons. The molecule has 0 aromatic carbocycles. The van der Waals surface area contributed by atoms with Crippen LogP contribution in [-0.4, -0.2) is 135 Å². The molecule has 4 aliphatic rings. The van der Waals surface area contributed by atoms with Crippen LogP contribution in [0.15, 0.2) is 35.3 Å². The van der Waals surface area contributed by atoms with Gasteiger partial charge in [-0.3, -0.25) is 0 Å². The van der Waals surface area contributed by atoms with E-state index in [1.807, 2.05) is 0 Å². The minimum atomic E-state index is -1.20. The highest BCUT2D eigenvalue weighted by atomic mass is 16.6.